The quantitative estimate of drug-likeness (QED) is 0.607. The van der Waals surface area contributed by atoms with Gasteiger partial charge in [0.15, 0.2) is 0 Å². The van der Waals surface area contributed by atoms with Gasteiger partial charge in [-0.25, -0.2) is 4.79 Å². The van der Waals surface area contributed by atoms with Crippen molar-refractivity contribution in [3.8, 4) is 0 Å². The van der Waals surface area contributed by atoms with Crippen molar-refractivity contribution in [2.75, 3.05) is 26.7 Å². The van der Waals surface area contributed by atoms with Crippen LogP contribution in [0, 0.1) is 0 Å². The Labute approximate surface area is 106 Å². The number of hydrogen-bond donors (Lipinski definition) is 2. The molecule has 102 valence electrons. The van der Waals surface area contributed by atoms with E-state index in [-0.39, 0.29) is 19.0 Å². The Morgan fingerprint density at radius 1 is 1.50 bits per heavy atom. The maximum atomic E-state index is 11.5. The Morgan fingerprint density at radius 2 is 2.17 bits per heavy atom. The molecular weight excluding hydrogens is 238 g/mol. The van der Waals surface area contributed by atoms with Gasteiger partial charge in [-0.1, -0.05) is 6.92 Å². The van der Waals surface area contributed by atoms with Gasteiger partial charge in [-0.05, 0) is 12.8 Å². The summed E-state index contributed by atoms with van der Waals surface area (Å²) < 4.78 is 0. The average molecular weight is 257 g/mol. The molecule has 0 aromatic carbocycles. The van der Waals surface area contributed by atoms with Crippen molar-refractivity contribution in [3.63, 3.8) is 0 Å². The number of urea groups is 1. The van der Waals surface area contributed by atoms with Gasteiger partial charge in [0.2, 0.25) is 5.91 Å². The molecule has 1 saturated heterocycles. The molecule has 1 rings (SSSR count). The summed E-state index contributed by atoms with van der Waals surface area (Å²) >= 11 is 0. The zero-order chi connectivity index (χ0) is 13.7. The van der Waals surface area contributed by atoms with Gasteiger partial charge < -0.3 is 15.3 Å². The van der Waals surface area contributed by atoms with Crippen LogP contribution in [0.2, 0.25) is 0 Å². The molecule has 0 radical (unpaired) electrons. The maximum absolute atomic E-state index is 11.5. The Kier molecular flexibility index (Phi) is 5.08. The van der Waals surface area contributed by atoms with Crippen LogP contribution in [0.5, 0.6) is 0 Å². The number of rotatable bonds is 6. The fraction of sp³-hybridized carbons (Fsp3) is 0.727. The fourth-order valence-electron chi connectivity index (χ4n) is 1.61. The first-order valence-electron chi connectivity index (χ1n) is 5.96. The van der Waals surface area contributed by atoms with E-state index in [0.29, 0.717) is 19.4 Å². The van der Waals surface area contributed by atoms with E-state index in [0.717, 1.165) is 4.90 Å². The first-order valence-corrected chi connectivity index (χ1v) is 5.96. The molecule has 7 heteroatoms. The summed E-state index contributed by atoms with van der Waals surface area (Å²) in [5.41, 5.74) is 0. The topological polar surface area (TPSA) is 89.9 Å². The smallest absolute Gasteiger partial charge is 0.327 e. The molecule has 2 N–H and O–H groups in total. The Bertz CT molecular complexity index is 345. The van der Waals surface area contributed by atoms with E-state index >= 15 is 0 Å². The SMILES string of the molecule is CCC(O)CCNC(=O)CN1C(=O)CN(C)C1=O. The highest BCUT2D eigenvalue weighted by atomic mass is 16.3. The first-order chi connectivity index (χ1) is 8.45. The number of aliphatic hydroxyl groups is 1. The fourth-order valence-corrected chi connectivity index (χ4v) is 1.61. The summed E-state index contributed by atoms with van der Waals surface area (Å²) in [5, 5.41) is 11.9. The number of carbonyl (C=O) groups excluding carboxylic acids is 3. The molecule has 1 heterocycles. The lowest BCUT2D eigenvalue weighted by atomic mass is 10.2. The van der Waals surface area contributed by atoms with E-state index < -0.39 is 18.0 Å². The number of carbonyl (C=O) groups is 3. The van der Waals surface area contributed by atoms with E-state index in [1.807, 2.05) is 6.92 Å². The van der Waals surface area contributed by atoms with Crippen LogP contribution >= 0.6 is 0 Å². The average Bonchev–Trinajstić information content (AvgIpc) is 2.56. The first kappa shape index (κ1) is 14.4. The lowest BCUT2D eigenvalue weighted by Gasteiger charge is -2.14. The summed E-state index contributed by atoms with van der Waals surface area (Å²) in [5.74, 6) is -0.762. The van der Waals surface area contributed by atoms with E-state index in [9.17, 15) is 19.5 Å². The van der Waals surface area contributed by atoms with Crippen LogP contribution in [-0.4, -0.2) is 65.5 Å². The van der Waals surface area contributed by atoms with Crippen molar-refractivity contribution in [2.45, 2.75) is 25.9 Å². The molecule has 1 unspecified atom stereocenters. The zero-order valence-electron chi connectivity index (χ0n) is 10.7. The highest BCUT2D eigenvalue weighted by molar-refractivity contribution is 6.04. The number of aliphatic hydroxyl groups excluding tert-OH is 1. The molecule has 0 bridgehead atoms. The van der Waals surface area contributed by atoms with Gasteiger partial charge in [-0.2, -0.15) is 0 Å². The van der Waals surface area contributed by atoms with Gasteiger partial charge in [0.25, 0.3) is 5.91 Å². The lowest BCUT2D eigenvalue weighted by Crippen LogP contribution is -2.41. The Morgan fingerprint density at radius 3 is 2.67 bits per heavy atom. The van der Waals surface area contributed by atoms with Crippen molar-refractivity contribution in [1.29, 1.82) is 0 Å². The van der Waals surface area contributed by atoms with Gasteiger partial charge in [0.1, 0.15) is 13.1 Å². The molecule has 1 aliphatic heterocycles. The predicted octanol–water partition coefficient (Wildman–Crippen LogP) is -0.842. The second kappa shape index (κ2) is 6.34. The van der Waals surface area contributed by atoms with Gasteiger partial charge in [-0.3, -0.25) is 14.5 Å². The molecule has 7 nitrogen and oxygen atoms in total. The summed E-state index contributed by atoms with van der Waals surface area (Å²) in [6.07, 6.45) is 0.653. The van der Waals surface area contributed by atoms with Crippen LogP contribution < -0.4 is 5.32 Å². The maximum Gasteiger partial charge on any atom is 0.327 e. The zero-order valence-corrected chi connectivity index (χ0v) is 10.7. The second-order valence-corrected chi connectivity index (χ2v) is 4.32. The number of hydrogen-bond acceptors (Lipinski definition) is 4. The van der Waals surface area contributed by atoms with E-state index in [2.05, 4.69) is 5.32 Å². The molecule has 4 amide bonds. The number of nitrogens with zero attached hydrogens (tertiary/aromatic N) is 2. The molecule has 1 fully saturated rings. The summed E-state index contributed by atoms with van der Waals surface area (Å²) in [6, 6.07) is -0.455. The van der Waals surface area contributed by atoms with Crippen LogP contribution in [0.4, 0.5) is 4.79 Å². The largest absolute Gasteiger partial charge is 0.393 e. The van der Waals surface area contributed by atoms with Crippen molar-refractivity contribution < 1.29 is 19.5 Å². The number of amides is 4. The van der Waals surface area contributed by atoms with E-state index in [4.69, 9.17) is 0 Å². The predicted molar refractivity (Wildman–Crippen MR) is 63.7 cm³/mol. The molecule has 1 aliphatic rings. The normalized spacial score (nSPS) is 17.3. The lowest BCUT2D eigenvalue weighted by molar-refractivity contribution is -0.130. The number of imide groups is 1. The number of nitrogens with one attached hydrogen (secondary N) is 1. The Hall–Kier alpha value is -1.63. The minimum Gasteiger partial charge on any atom is -0.393 e. The van der Waals surface area contributed by atoms with E-state index in [1.165, 1.54) is 11.9 Å². The molecule has 0 saturated carbocycles. The van der Waals surface area contributed by atoms with Crippen molar-refractivity contribution in [2.24, 2.45) is 0 Å². The summed E-state index contributed by atoms with van der Waals surface area (Å²) in [4.78, 5) is 36.6. The van der Waals surface area contributed by atoms with E-state index in [1.54, 1.807) is 0 Å². The van der Waals surface area contributed by atoms with Crippen LogP contribution in [0.1, 0.15) is 19.8 Å². The highest BCUT2D eigenvalue weighted by Crippen LogP contribution is 2.06. The molecule has 0 aromatic heterocycles. The van der Waals surface area contributed by atoms with Gasteiger partial charge >= 0.3 is 6.03 Å². The third kappa shape index (κ3) is 3.69. The van der Waals surface area contributed by atoms with Gasteiger partial charge in [0, 0.05) is 13.6 Å². The third-order valence-corrected chi connectivity index (χ3v) is 2.80. The summed E-state index contributed by atoms with van der Waals surface area (Å²) in [7, 11) is 1.51. The number of likely N-dealkylation sites (N-methyl/N-ethyl adjacent to an activating group) is 1. The molecule has 0 aliphatic carbocycles. The van der Waals surface area contributed by atoms with Crippen LogP contribution in [0.15, 0.2) is 0 Å². The van der Waals surface area contributed by atoms with Crippen molar-refractivity contribution >= 4 is 17.8 Å². The van der Waals surface area contributed by atoms with Gasteiger partial charge in [-0.15, -0.1) is 0 Å². The molecule has 0 aromatic rings. The highest BCUT2D eigenvalue weighted by Gasteiger charge is 2.34. The van der Waals surface area contributed by atoms with Crippen LogP contribution in [0.3, 0.4) is 0 Å². The molecule has 0 spiro atoms. The van der Waals surface area contributed by atoms with Crippen LogP contribution in [0.25, 0.3) is 0 Å². The molecule has 1 atom stereocenters. The summed E-state index contributed by atoms with van der Waals surface area (Å²) in [6.45, 7) is 1.94. The minimum absolute atomic E-state index is 0.0145. The third-order valence-electron chi connectivity index (χ3n) is 2.80. The van der Waals surface area contributed by atoms with Gasteiger partial charge in [0.05, 0.1) is 6.10 Å². The monoisotopic (exact) mass is 257 g/mol. The van der Waals surface area contributed by atoms with Crippen molar-refractivity contribution in [1.82, 2.24) is 15.1 Å². The molecular formula is C11H19N3O4. The van der Waals surface area contributed by atoms with Crippen LogP contribution in [-0.2, 0) is 9.59 Å². The minimum atomic E-state index is -0.455. The standard InChI is InChI=1S/C11H19N3O4/c1-3-8(15)4-5-12-9(16)6-14-10(17)7-13(2)11(14)18/h8,15H,3-7H2,1-2H3,(H,12,16). The Balaban J connectivity index is 2.32. The molecule has 18 heavy (non-hydrogen) atoms. The van der Waals surface area contributed by atoms with Crippen molar-refractivity contribution in [3.05, 3.63) is 0 Å². The second-order valence-electron chi connectivity index (χ2n) is 4.32.